The van der Waals surface area contributed by atoms with Gasteiger partial charge in [0, 0.05) is 16.3 Å². The first-order chi connectivity index (χ1) is 10.1. The molecule has 7 heteroatoms. The second-order valence-electron chi connectivity index (χ2n) is 4.74. The van der Waals surface area contributed by atoms with Gasteiger partial charge in [-0.25, -0.2) is 9.78 Å². The van der Waals surface area contributed by atoms with Gasteiger partial charge in [-0.2, -0.15) is 11.8 Å². The Hall–Kier alpha value is -1.18. The highest BCUT2D eigenvalue weighted by atomic mass is 32.2. The van der Waals surface area contributed by atoms with Crippen LogP contribution in [0.1, 0.15) is 26.5 Å². The molecule has 2 aromatic heterocycles. The number of nitrogens with zero attached hydrogens (tertiary/aromatic N) is 1. The molecule has 1 aliphatic heterocycles. The van der Waals surface area contributed by atoms with Crippen LogP contribution in [0.15, 0.2) is 6.07 Å². The minimum Gasteiger partial charge on any atom is -0.465 e. The number of esters is 1. The zero-order chi connectivity index (χ0) is 15.0. The Kier molecular flexibility index (Phi) is 4.14. The van der Waals surface area contributed by atoms with Crippen molar-refractivity contribution in [2.45, 2.75) is 19.1 Å². The smallest absolute Gasteiger partial charge is 0.342 e. The lowest BCUT2D eigenvalue weighted by Crippen LogP contribution is -2.08. The van der Waals surface area contributed by atoms with E-state index in [1.54, 1.807) is 11.3 Å². The number of methoxy groups -OCH3 is 1. The molecular weight excluding hydrogens is 324 g/mol. The van der Waals surface area contributed by atoms with Gasteiger partial charge in [-0.15, -0.1) is 11.3 Å². The molecular formula is C14H14N2O2S3. The minimum absolute atomic E-state index is 0.286. The number of aromatic nitrogens is 2. The van der Waals surface area contributed by atoms with Crippen LogP contribution in [-0.4, -0.2) is 28.8 Å². The summed E-state index contributed by atoms with van der Waals surface area (Å²) in [7, 11) is 1.34. The standard InChI is InChI=1S/C14H14N2O2S3/c1-7-11(14(17)18-2)13(19)16-12(15-7)10-5-8-6-20-4-3-9(8)21-10/h5H,3-4,6H2,1-2H3,(H,15,16,19). The zero-order valence-electron chi connectivity index (χ0n) is 11.7. The molecule has 3 heterocycles. The molecule has 0 amide bonds. The summed E-state index contributed by atoms with van der Waals surface area (Å²) in [5.74, 6) is 2.52. The highest BCUT2D eigenvalue weighted by Gasteiger charge is 2.18. The van der Waals surface area contributed by atoms with Crippen molar-refractivity contribution in [1.29, 1.82) is 0 Å². The molecule has 3 rings (SSSR count). The number of ether oxygens (including phenoxy) is 1. The number of fused-ring (bicyclic) bond motifs is 1. The maximum atomic E-state index is 11.7. The van der Waals surface area contributed by atoms with E-state index in [9.17, 15) is 4.79 Å². The quantitative estimate of drug-likeness (QED) is 0.667. The van der Waals surface area contributed by atoms with Gasteiger partial charge in [0.1, 0.15) is 16.0 Å². The Bertz CT molecular complexity index is 741. The van der Waals surface area contributed by atoms with Crippen LogP contribution in [0.25, 0.3) is 10.7 Å². The number of H-pyrrole nitrogens is 1. The number of carbonyl (C=O) groups excluding carboxylic acids is 1. The molecule has 0 spiro atoms. The summed E-state index contributed by atoms with van der Waals surface area (Å²) in [6, 6.07) is 2.18. The van der Waals surface area contributed by atoms with Crippen LogP contribution in [-0.2, 0) is 16.9 Å². The van der Waals surface area contributed by atoms with Gasteiger partial charge < -0.3 is 9.72 Å². The lowest BCUT2D eigenvalue weighted by molar-refractivity contribution is 0.0598. The van der Waals surface area contributed by atoms with Gasteiger partial charge in [-0.1, -0.05) is 12.2 Å². The van der Waals surface area contributed by atoms with E-state index in [-0.39, 0.29) is 4.64 Å². The Morgan fingerprint density at radius 1 is 1.52 bits per heavy atom. The summed E-state index contributed by atoms with van der Waals surface area (Å²) in [6.07, 6.45) is 1.12. The van der Waals surface area contributed by atoms with Crippen LogP contribution in [0.3, 0.4) is 0 Å². The molecule has 0 aromatic carbocycles. The van der Waals surface area contributed by atoms with Gasteiger partial charge >= 0.3 is 5.97 Å². The number of rotatable bonds is 2. The Labute approximate surface area is 136 Å². The van der Waals surface area contributed by atoms with Gasteiger partial charge in [0.25, 0.3) is 0 Å². The zero-order valence-corrected chi connectivity index (χ0v) is 14.1. The van der Waals surface area contributed by atoms with Crippen molar-refractivity contribution < 1.29 is 9.53 Å². The van der Waals surface area contributed by atoms with Crippen LogP contribution in [0.4, 0.5) is 0 Å². The molecule has 110 valence electrons. The van der Waals surface area contributed by atoms with E-state index in [4.69, 9.17) is 17.0 Å². The molecule has 0 saturated carbocycles. The van der Waals surface area contributed by atoms with Crippen LogP contribution >= 0.6 is 35.3 Å². The fourth-order valence-corrected chi connectivity index (χ4v) is 4.95. The molecule has 1 N–H and O–H groups in total. The summed E-state index contributed by atoms with van der Waals surface area (Å²) in [5.41, 5.74) is 2.42. The fourth-order valence-electron chi connectivity index (χ4n) is 2.31. The number of hydrogen-bond donors (Lipinski definition) is 1. The molecule has 1 aliphatic rings. The highest BCUT2D eigenvalue weighted by molar-refractivity contribution is 7.98. The molecule has 0 fully saturated rings. The topological polar surface area (TPSA) is 55.0 Å². The largest absolute Gasteiger partial charge is 0.465 e. The van der Waals surface area contributed by atoms with Crippen LogP contribution in [0.2, 0.25) is 0 Å². The first kappa shape index (κ1) is 14.7. The monoisotopic (exact) mass is 338 g/mol. The third kappa shape index (κ3) is 2.77. The van der Waals surface area contributed by atoms with Crippen molar-refractivity contribution in [3.05, 3.63) is 32.4 Å². The summed E-state index contributed by atoms with van der Waals surface area (Å²) in [6.45, 7) is 1.82. The maximum Gasteiger partial charge on any atom is 0.342 e. The number of thiophene rings is 1. The van der Waals surface area contributed by atoms with E-state index in [0.717, 1.165) is 22.9 Å². The molecule has 0 bridgehead atoms. The van der Waals surface area contributed by atoms with Gasteiger partial charge in [0.15, 0.2) is 0 Å². The molecule has 2 aromatic rings. The van der Waals surface area contributed by atoms with Gasteiger partial charge in [-0.05, 0) is 30.7 Å². The average molecular weight is 338 g/mol. The molecule has 4 nitrogen and oxygen atoms in total. The summed E-state index contributed by atoms with van der Waals surface area (Å²) in [4.78, 5) is 21.8. The minimum atomic E-state index is -0.449. The molecule has 0 radical (unpaired) electrons. The predicted molar refractivity (Wildman–Crippen MR) is 88.7 cm³/mol. The van der Waals surface area contributed by atoms with E-state index in [1.165, 1.54) is 23.3 Å². The van der Waals surface area contributed by atoms with Gasteiger partial charge in [0.05, 0.1) is 12.0 Å². The second-order valence-corrected chi connectivity index (χ2v) is 7.37. The Balaban J connectivity index is 2.06. The maximum absolute atomic E-state index is 11.7. The molecule has 0 unspecified atom stereocenters. The lowest BCUT2D eigenvalue weighted by Gasteiger charge is -2.08. The van der Waals surface area contributed by atoms with Crippen molar-refractivity contribution in [3.8, 4) is 10.7 Å². The van der Waals surface area contributed by atoms with Gasteiger partial charge in [0.2, 0.25) is 0 Å². The van der Waals surface area contributed by atoms with Crippen molar-refractivity contribution >= 4 is 41.3 Å². The highest BCUT2D eigenvalue weighted by Crippen LogP contribution is 2.35. The molecule has 0 atom stereocenters. The number of thioether (sulfide) groups is 1. The summed E-state index contributed by atoms with van der Waals surface area (Å²) >= 11 is 8.96. The van der Waals surface area contributed by atoms with E-state index in [1.807, 2.05) is 18.7 Å². The Morgan fingerprint density at radius 2 is 2.33 bits per heavy atom. The van der Waals surface area contributed by atoms with Crippen LogP contribution in [0.5, 0.6) is 0 Å². The first-order valence-corrected chi connectivity index (χ1v) is 8.87. The fraction of sp³-hybridized carbons (Fsp3) is 0.357. The van der Waals surface area contributed by atoms with Crippen LogP contribution in [0, 0.1) is 11.6 Å². The van der Waals surface area contributed by atoms with Crippen LogP contribution < -0.4 is 0 Å². The molecule has 21 heavy (non-hydrogen) atoms. The summed E-state index contributed by atoms with van der Waals surface area (Å²) < 4.78 is 5.03. The van der Waals surface area contributed by atoms with Crippen molar-refractivity contribution in [2.75, 3.05) is 12.9 Å². The van der Waals surface area contributed by atoms with Gasteiger partial charge in [-0.3, -0.25) is 0 Å². The van der Waals surface area contributed by atoms with E-state index in [2.05, 4.69) is 16.0 Å². The number of aryl methyl sites for hydroxylation is 2. The molecule has 0 saturated heterocycles. The normalized spacial score (nSPS) is 13.8. The van der Waals surface area contributed by atoms with E-state index < -0.39 is 5.97 Å². The third-order valence-corrected chi connectivity index (χ3v) is 5.91. The SMILES string of the molecule is COC(=O)c1c(C)[nH]c(-c2cc3c(s2)CCSC3)nc1=S. The predicted octanol–water partition coefficient (Wildman–Crippen LogP) is 3.75. The van der Waals surface area contributed by atoms with Crippen molar-refractivity contribution in [2.24, 2.45) is 0 Å². The first-order valence-electron chi connectivity index (χ1n) is 6.49. The number of aromatic amines is 1. The number of nitrogens with one attached hydrogen (secondary N) is 1. The third-order valence-electron chi connectivity index (χ3n) is 3.36. The second kappa shape index (κ2) is 5.90. The Morgan fingerprint density at radius 3 is 3.00 bits per heavy atom. The van der Waals surface area contributed by atoms with Crippen molar-refractivity contribution in [3.63, 3.8) is 0 Å². The lowest BCUT2D eigenvalue weighted by atomic mass is 10.2. The number of hydrogen-bond acceptors (Lipinski definition) is 6. The molecule has 0 aliphatic carbocycles. The summed E-state index contributed by atoms with van der Waals surface area (Å²) in [5, 5.41) is 0. The van der Waals surface area contributed by atoms with E-state index in [0.29, 0.717) is 11.3 Å². The van der Waals surface area contributed by atoms with E-state index >= 15 is 0 Å². The number of carbonyl (C=O) groups is 1. The average Bonchev–Trinajstić information content (AvgIpc) is 2.90. The van der Waals surface area contributed by atoms with Crippen molar-refractivity contribution in [1.82, 2.24) is 9.97 Å².